The molecule has 0 saturated heterocycles. The van der Waals surface area contributed by atoms with Gasteiger partial charge < -0.3 is 27.6 Å². The molecule has 12 heavy (non-hydrogen) atoms. The first-order valence-corrected chi connectivity index (χ1v) is 2.64. The molecule has 0 radical (unpaired) electrons. The molecule has 0 aromatic carbocycles. The summed E-state index contributed by atoms with van der Waals surface area (Å²) in [5.74, 6) is 0. The smallest absolute Gasteiger partial charge is 0.356 e. The van der Waals surface area contributed by atoms with Gasteiger partial charge >= 0.3 is 40.0 Å². The minimum atomic E-state index is -4.67. The quantitative estimate of drug-likeness (QED) is 0.136. The molecule has 0 amide bonds. The normalized spacial score (nSPS) is 6.83. The molecule has 0 aromatic heterocycles. The summed E-state index contributed by atoms with van der Waals surface area (Å²) in [5.41, 5.74) is 0. The van der Waals surface area contributed by atoms with Gasteiger partial charge in [-0.1, -0.05) is 0 Å². The maximum Gasteiger partial charge on any atom is 1.00 e. The fourth-order valence-corrected chi connectivity index (χ4v) is 0. The van der Waals surface area contributed by atoms with Gasteiger partial charge in [-0.2, -0.15) is 8.42 Å². The van der Waals surface area contributed by atoms with Crippen LogP contribution in [0.15, 0.2) is 0 Å². The van der Waals surface area contributed by atoms with E-state index in [2.05, 4.69) is 0 Å². The van der Waals surface area contributed by atoms with Crippen LogP contribution in [0.4, 0.5) is 0 Å². The van der Waals surface area contributed by atoms with Gasteiger partial charge in [-0.15, -0.1) is 0 Å². The minimum absolute atomic E-state index is 0. The Morgan fingerprint density at radius 2 is 1.08 bits per heavy atom. The molecule has 0 bridgehead atoms. The molecule has 0 unspecified atom stereocenters. The van der Waals surface area contributed by atoms with Crippen molar-refractivity contribution < 1.29 is 52.2 Å². The van der Waals surface area contributed by atoms with Crippen molar-refractivity contribution in [2.75, 3.05) is 0 Å². The van der Waals surface area contributed by atoms with E-state index in [1.807, 2.05) is 0 Å². The van der Waals surface area contributed by atoms with Crippen LogP contribution in [0.3, 0.4) is 0 Å². The van der Waals surface area contributed by atoms with E-state index in [9.17, 15) is 0 Å². The molecule has 0 rings (SSSR count). The topological polar surface area (TPSA) is 211 Å². The summed E-state index contributed by atoms with van der Waals surface area (Å²) in [6.45, 7) is 0. The first-order valence-electron chi connectivity index (χ1n) is 1.25. The van der Waals surface area contributed by atoms with E-state index in [0.29, 0.717) is 0 Å². The van der Waals surface area contributed by atoms with E-state index in [-0.39, 0.29) is 41.9 Å². The molecule has 0 heterocycles. The van der Waals surface area contributed by atoms with Crippen molar-refractivity contribution >= 4 is 10.4 Å². The molecule has 0 spiro atoms. The fraction of sp³-hybridized carbons (Fsp3) is 0. The molecule has 0 atom stereocenters. The average Bonchev–Trinajstić information content (AvgIpc) is 1.19. The zero-order chi connectivity index (χ0) is 8.08. The molecule has 0 aromatic rings. The Hall–Kier alpha value is -0.0100. The van der Waals surface area contributed by atoms with E-state index in [1.165, 1.54) is 0 Å². The van der Waals surface area contributed by atoms with Crippen LogP contribution in [0.5, 0.6) is 0 Å². The van der Waals surface area contributed by atoms with Crippen LogP contribution >= 0.6 is 0 Å². The van der Waals surface area contributed by atoms with Crippen molar-refractivity contribution in [1.29, 1.82) is 0 Å². The minimum Gasteiger partial charge on any atom is -0.356 e. The average molecular weight is 217 g/mol. The molecule has 0 aliphatic carbocycles. The molecule has 10 nitrogen and oxygen atoms in total. The Labute approximate surface area is 90.1 Å². The Balaban J connectivity index is -0.0000000221. The summed E-state index contributed by atoms with van der Waals surface area (Å²) in [6, 6.07) is 0. The van der Waals surface area contributed by atoms with Crippen LogP contribution < -0.4 is 41.9 Å². The Bertz CT molecular complexity index is 161. The van der Waals surface area contributed by atoms with Gasteiger partial charge in [0.2, 0.25) is 0 Å². The van der Waals surface area contributed by atoms with Gasteiger partial charge in [0.15, 0.2) is 0 Å². The second-order valence-electron chi connectivity index (χ2n) is 0.671. The standard InChI is InChI=1S/NO3.2H3N.Na.H2O4S/c2-1(3)4;;;;1-5(2,3)4/h;2*1H3;;(H2,1,2,3,4)/q-1;;;+1;. The summed E-state index contributed by atoms with van der Waals surface area (Å²) in [7, 11) is -4.67. The molecule has 0 fully saturated rings. The third kappa shape index (κ3) is 8070000. The van der Waals surface area contributed by atoms with E-state index in [4.69, 9.17) is 32.8 Å². The molecule has 8 N–H and O–H groups in total. The second-order valence-corrected chi connectivity index (χ2v) is 1.57. The third-order valence-corrected chi connectivity index (χ3v) is 0. The third-order valence-electron chi connectivity index (χ3n) is 0. The maximum absolute atomic E-state index is 8.74. The molecule has 0 aliphatic heterocycles. The van der Waals surface area contributed by atoms with E-state index in [0.717, 1.165) is 0 Å². The van der Waals surface area contributed by atoms with Crippen molar-refractivity contribution in [3.63, 3.8) is 0 Å². The number of rotatable bonds is 0. The summed E-state index contributed by atoms with van der Waals surface area (Å²) in [6.07, 6.45) is 0. The van der Waals surface area contributed by atoms with E-state index < -0.39 is 15.5 Å². The van der Waals surface area contributed by atoms with Crippen LogP contribution in [-0.2, 0) is 10.4 Å². The molecule has 72 valence electrons. The SMILES string of the molecule is N.N.O=S(=O)(O)O.O=[N+]([O-])[O-].[Na+]. The van der Waals surface area contributed by atoms with Crippen molar-refractivity contribution in [2.45, 2.75) is 0 Å². The van der Waals surface area contributed by atoms with Crippen molar-refractivity contribution in [2.24, 2.45) is 0 Å². The Morgan fingerprint density at radius 3 is 1.08 bits per heavy atom. The number of hydrogen-bond donors (Lipinski definition) is 4. The fourth-order valence-electron chi connectivity index (χ4n) is 0. The summed E-state index contributed by atoms with van der Waals surface area (Å²) >= 11 is 0. The van der Waals surface area contributed by atoms with Crippen LogP contribution in [0.2, 0.25) is 0 Å². The second kappa shape index (κ2) is 13.6. The van der Waals surface area contributed by atoms with Crippen LogP contribution in [0, 0.1) is 15.3 Å². The van der Waals surface area contributed by atoms with Crippen LogP contribution in [0.25, 0.3) is 0 Å². The van der Waals surface area contributed by atoms with Crippen LogP contribution in [-0.4, -0.2) is 22.6 Å². The van der Waals surface area contributed by atoms with Gasteiger partial charge in [-0.05, 0) is 0 Å². The molecule has 0 aliphatic rings. The molecule has 0 saturated carbocycles. The summed E-state index contributed by atoms with van der Waals surface area (Å²) in [4.78, 5) is 8.25. The van der Waals surface area contributed by atoms with Crippen molar-refractivity contribution in [1.82, 2.24) is 12.3 Å². The predicted octanol–water partition coefficient (Wildman–Crippen LogP) is -3.56. The number of nitrogens with zero attached hydrogens (tertiary/aromatic N) is 1. The first kappa shape index (κ1) is 29.6. The van der Waals surface area contributed by atoms with Crippen molar-refractivity contribution in [3.05, 3.63) is 15.3 Å². The Morgan fingerprint density at radius 1 is 1.08 bits per heavy atom. The monoisotopic (exact) mass is 217 g/mol. The van der Waals surface area contributed by atoms with Gasteiger partial charge in [0.1, 0.15) is 0 Å². The maximum atomic E-state index is 8.74. The number of hydrogen-bond acceptors (Lipinski definition) is 7. The van der Waals surface area contributed by atoms with E-state index in [1.54, 1.807) is 0 Å². The van der Waals surface area contributed by atoms with Gasteiger partial charge in [0.05, 0.1) is 5.09 Å². The summed E-state index contributed by atoms with van der Waals surface area (Å²) < 4.78 is 31.6. The predicted molar refractivity (Wildman–Crippen MR) is 34.6 cm³/mol. The Kier molecular flexibility index (Phi) is 33.5. The van der Waals surface area contributed by atoms with Gasteiger partial charge in [-0.25, -0.2) is 0 Å². The van der Waals surface area contributed by atoms with Gasteiger partial charge in [0.25, 0.3) is 0 Å². The van der Waals surface area contributed by atoms with E-state index >= 15 is 0 Å². The zero-order valence-electron chi connectivity index (χ0n) is 6.21. The largest absolute Gasteiger partial charge is 1.00 e. The van der Waals surface area contributed by atoms with Gasteiger partial charge in [-0.3, -0.25) is 9.11 Å². The van der Waals surface area contributed by atoms with Gasteiger partial charge in [0, 0.05) is 0 Å². The van der Waals surface area contributed by atoms with Crippen LogP contribution in [0.1, 0.15) is 0 Å². The molecule has 12 heteroatoms. The van der Waals surface area contributed by atoms with Crippen molar-refractivity contribution in [3.8, 4) is 0 Å². The molecular formula is H8N3NaO7S. The first-order chi connectivity index (χ1) is 3.73. The summed E-state index contributed by atoms with van der Waals surface area (Å²) in [5, 5.41) is 14.8. The zero-order valence-corrected chi connectivity index (χ0v) is 9.02. The molecular weight excluding hydrogens is 209 g/mol.